The van der Waals surface area contributed by atoms with Gasteiger partial charge >= 0.3 is 0 Å². The lowest BCUT2D eigenvalue weighted by molar-refractivity contribution is -0.116. The van der Waals surface area contributed by atoms with Crippen LogP contribution < -0.4 is 5.32 Å². The van der Waals surface area contributed by atoms with Crippen molar-refractivity contribution in [2.75, 3.05) is 32.8 Å². The molecule has 30 heavy (non-hydrogen) atoms. The fourth-order valence-electron chi connectivity index (χ4n) is 3.72. The third-order valence-corrected chi connectivity index (χ3v) is 5.29. The lowest BCUT2D eigenvalue weighted by Crippen LogP contribution is -2.43. The summed E-state index contributed by atoms with van der Waals surface area (Å²) < 4.78 is 18.8. The molecule has 5 nitrogen and oxygen atoms in total. The lowest BCUT2D eigenvalue weighted by atomic mass is 10.0. The summed E-state index contributed by atoms with van der Waals surface area (Å²) in [6, 6.07) is 16.2. The van der Waals surface area contributed by atoms with Crippen molar-refractivity contribution in [3.8, 4) is 0 Å². The number of nitrogens with one attached hydrogen (secondary N) is 1. The zero-order valence-electron chi connectivity index (χ0n) is 16.6. The van der Waals surface area contributed by atoms with Crippen LogP contribution in [0, 0.1) is 5.82 Å². The summed E-state index contributed by atoms with van der Waals surface area (Å²) in [5.41, 5.74) is 2.73. The molecule has 1 aromatic heterocycles. The molecule has 1 unspecified atom stereocenters. The number of aromatic nitrogens is 1. The zero-order chi connectivity index (χ0) is 20.8. The Morgan fingerprint density at radius 2 is 1.90 bits per heavy atom. The van der Waals surface area contributed by atoms with Crippen LogP contribution in [0.4, 0.5) is 4.39 Å². The molecule has 1 N–H and O–H groups in total. The van der Waals surface area contributed by atoms with Crippen LogP contribution in [0.15, 0.2) is 66.9 Å². The number of ether oxygens (including phenoxy) is 1. The fourth-order valence-corrected chi connectivity index (χ4v) is 3.72. The summed E-state index contributed by atoms with van der Waals surface area (Å²) in [7, 11) is 0. The van der Waals surface area contributed by atoms with Crippen LogP contribution in [0.2, 0.25) is 0 Å². The molecule has 0 aliphatic carbocycles. The summed E-state index contributed by atoms with van der Waals surface area (Å²) in [5.74, 6) is -0.446. The Bertz CT molecular complexity index is 1020. The quantitative estimate of drug-likeness (QED) is 0.637. The zero-order valence-corrected chi connectivity index (χ0v) is 16.6. The minimum atomic E-state index is -0.268. The molecular formula is C24H24FN3O2. The molecule has 2 aromatic carbocycles. The lowest BCUT2D eigenvalue weighted by Gasteiger charge is -2.34. The second-order valence-electron chi connectivity index (χ2n) is 7.22. The van der Waals surface area contributed by atoms with Crippen LogP contribution in [-0.4, -0.2) is 48.6 Å². The van der Waals surface area contributed by atoms with Gasteiger partial charge in [0.25, 0.3) is 0 Å². The van der Waals surface area contributed by atoms with Gasteiger partial charge in [0.15, 0.2) is 0 Å². The first-order chi connectivity index (χ1) is 14.7. The van der Waals surface area contributed by atoms with Gasteiger partial charge in [0, 0.05) is 42.9 Å². The maximum atomic E-state index is 13.4. The van der Waals surface area contributed by atoms with Gasteiger partial charge in [-0.05, 0) is 29.8 Å². The number of hydrogen-bond donors (Lipinski definition) is 1. The Kier molecular flexibility index (Phi) is 6.47. The molecule has 1 fully saturated rings. The SMILES string of the molecule is O=C(/C=C/c1cccc2cccnc12)NCC(c1ccc(F)cc1)N1CCOCC1. The standard InChI is InChI=1S/C24H24FN3O2/c25-21-9-6-18(7-10-21)22(28-13-15-30-16-14-28)17-27-23(29)11-8-20-4-1-3-19-5-2-12-26-24(19)20/h1-12,22H,13-17H2,(H,27,29)/b11-8+. The Morgan fingerprint density at radius 1 is 1.13 bits per heavy atom. The van der Waals surface area contributed by atoms with Crippen molar-refractivity contribution in [3.63, 3.8) is 0 Å². The van der Waals surface area contributed by atoms with Gasteiger partial charge in [-0.3, -0.25) is 14.7 Å². The van der Waals surface area contributed by atoms with E-state index in [1.165, 1.54) is 18.2 Å². The maximum Gasteiger partial charge on any atom is 0.244 e. The highest BCUT2D eigenvalue weighted by molar-refractivity contribution is 5.95. The highest BCUT2D eigenvalue weighted by Gasteiger charge is 2.23. The van der Waals surface area contributed by atoms with Crippen LogP contribution in [0.5, 0.6) is 0 Å². The van der Waals surface area contributed by atoms with Crippen LogP contribution in [-0.2, 0) is 9.53 Å². The molecule has 1 atom stereocenters. The molecule has 1 amide bonds. The number of carbonyl (C=O) groups is 1. The molecule has 0 spiro atoms. The Labute approximate surface area is 175 Å². The summed E-state index contributed by atoms with van der Waals surface area (Å²) in [6.07, 6.45) is 5.06. The van der Waals surface area contributed by atoms with Gasteiger partial charge in [0.2, 0.25) is 5.91 Å². The van der Waals surface area contributed by atoms with Crippen LogP contribution in [0.25, 0.3) is 17.0 Å². The molecule has 3 aromatic rings. The molecule has 0 radical (unpaired) electrons. The first-order valence-electron chi connectivity index (χ1n) is 10.1. The number of amides is 1. The Morgan fingerprint density at radius 3 is 2.70 bits per heavy atom. The summed E-state index contributed by atoms with van der Waals surface area (Å²) in [6.45, 7) is 3.28. The third kappa shape index (κ3) is 4.90. The number of morpholine rings is 1. The number of rotatable bonds is 6. The van der Waals surface area contributed by atoms with Gasteiger partial charge in [0.1, 0.15) is 5.82 Å². The fraction of sp³-hybridized carbons (Fsp3) is 0.250. The van der Waals surface area contributed by atoms with Gasteiger partial charge in [-0.2, -0.15) is 0 Å². The normalized spacial score (nSPS) is 16.0. The van der Waals surface area contributed by atoms with Crippen LogP contribution in [0.1, 0.15) is 17.2 Å². The predicted octanol–water partition coefficient (Wildman–Crippen LogP) is 3.58. The first-order valence-corrected chi connectivity index (χ1v) is 10.1. The van der Waals surface area contributed by atoms with E-state index in [1.807, 2.05) is 30.3 Å². The number of fused-ring (bicyclic) bond motifs is 1. The van der Waals surface area contributed by atoms with Crippen molar-refractivity contribution in [1.29, 1.82) is 0 Å². The number of pyridine rings is 1. The number of benzene rings is 2. The molecular weight excluding hydrogens is 381 g/mol. The van der Waals surface area contributed by atoms with Crippen molar-refractivity contribution in [1.82, 2.24) is 15.2 Å². The van der Waals surface area contributed by atoms with E-state index >= 15 is 0 Å². The number of hydrogen-bond acceptors (Lipinski definition) is 4. The third-order valence-electron chi connectivity index (χ3n) is 5.29. The summed E-state index contributed by atoms with van der Waals surface area (Å²) in [4.78, 5) is 19.2. The van der Waals surface area contributed by atoms with E-state index in [0.717, 1.165) is 35.1 Å². The molecule has 0 saturated carbocycles. The molecule has 154 valence electrons. The van der Waals surface area contributed by atoms with E-state index in [0.29, 0.717) is 19.8 Å². The predicted molar refractivity (Wildman–Crippen MR) is 115 cm³/mol. The molecule has 1 aliphatic heterocycles. The minimum Gasteiger partial charge on any atom is -0.379 e. The van der Waals surface area contributed by atoms with E-state index in [2.05, 4.69) is 15.2 Å². The second-order valence-corrected chi connectivity index (χ2v) is 7.22. The van der Waals surface area contributed by atoms with E-state index in [1.54, 1.807) is 24.4 Å². The molecule has 4 rings (SSSR count). The minimum absolute atomic E-state index is 0.0360. The van der Waals surface area contributed by atoms with Crippen molar-refractivity contribution < 1.29 is 13.9 Å². The topological polar surface area (TPSA) is 54.5 Å². The van der Waals surface area contributed by atoms with Gasteiger partial charge in [-0.15, -0.1) is 0 Å². The molecule has 1 aliphatic rings. The number of halogens is 1. The van der Waals surface area contributed by atoms with E-state index in [-0.39, 0.29) is 17.8 Å². The Balaban J connectivity index is 1.45. The second kappa shape index (κ2) is 9.61. The summed E-state index contributed by atoms with van der Waals surface area (Å²) >= 11 is 0. The monoisotopic (exact) mass is 405 g/mol. The smallest absolute Gasteiger partial charge is 0.244 e. The Hall–Kier alpha value is -3.09. The molecule has 6 heteroatoms. The van der Waals surface area contributed by atoms with Crippen LogP contribution in [0.3, 0.4) is 0 Å². The van der Waals surface area contributed by atoms with Crippen molar-refractivity contribution >= 4 is 22.9 Å². The van der Waals surface area contributed by atoms with Crippen molar-refractivity contribution in [3.05, 3.63) is 83.8 Å². The van der Waals surface area contributed by atoms with Gasteiger partial charge < -0.3 is 10.1 Å². The van der Waals surface area contributed by atoms with E-state index in [9.17, 15) is 9.18 Å². The maximum absolute atomic E-state index is 13.4. The number of carbonyl (C=O) groups excluding carboxylic acids is 1. The number of para-hydroxylation sites is 1. The largest absolute Gasteiger partial charge is 0.379 e. The average molecular weight is 405 g/mol. The molecule has 1 saturated heterocycles. The molecule has 2 heterocycles. The highest BCUT2D eigenvalue weighted by Crippen LogP contribution is 2.22. The first kappa shape index (κ1) is 20.2. The summed E-state index contributed by atoms with van der Waals surface area (Å²) in [5, 5.41) is 4.02. The average Bonchev–Trinajstić information content (AvgIpc) is 2.79. The molecule has 0 bridgehead atoms. The van der Waals surface area contributed by atoms with E-state index < -0.39 is 0 Å². The number of nitrogens with zero attached hydrogens (tertiary/aromatic N) is 2. The van der Waals surface area contributed by atoms with Gasteiger partial charge in [-0.1, -0.05) is 36.4 Å². The van der Waals surface area contributed by atoms with Crippen molar-refractivity contribution in [2.24, 2.45) is 0 Å². The van der Waals surface area contributed by atoms with Gasteiger partial charge in [0.05, 0.1) is 24.8 Å². The van der Waals surface area contributed by atoms with Gasteiger partial charge in [-0.25, -0.2) is 4.39 Å². The van der Waals surface area contributed by atoms with E-state index in [4.69, 9.17) is 4.74 Å². The highest BCUT2D eigenvalue weighted by atomic mass is 19.1. The van der Waals surface area contributed by atoms with Crippen molar-refractivity contribution in [2.45, 2.75) is 6.04 Å². The van der Waals surface area contributed by atoms with Crippen LogP contribution >= 0.6 is 0 Å².